The Morgan fingerprint density at radius 2 is 2.00 bits per heavy atom. The number of carbonyl (C=O) groups excluding carboxylic acids is 1. The Hall–Kier alpha value is -3.32. The zero-order valence-corrected chi connectivity index (χ0v) is 21.2. The number of anilines is 1. The first-order valence-corrected chi connectivity index (χ1v) is 12.8. The van der Waals surface area contributed by atoms with E-state index in [0.29, 0.717) is 34.1 Å². The number of carboxylic acid groups (broad SMARTS) is 1. The van der Waals surface area contributed by atoms with Gasteiger partial charge < -0.3 is 9.84 Å². The van der Waals surface area contributed by atoms with Crippen molar-refractivity contribution in [1.82, 2.24) is 9.78 Å². The summed E-state index contributed by atoms with van der Waals surface area (Å²) in [6.45, 7) is 1.80. The Kier molecular flexibility index (Phi) is 6.05. The summed E-state index contributed by atoms with van der Waals surface area (Å²) in [6, 6.07) is 11.4. The molecule has 0 radical (unpaired) electrons. The predicted octanol–water partition coefficient (Wildman–Crippen LogP) is 6.18. The van der Waals surface area contributed by atoms with E-state index in [-0.39, 0.29) is 0 Å². The number of nitrogens with one attached hydrogen (secondary N) is 1. The number of aliphatic carboxylic acids is 1. The fourth-order valence-electron chi connectivity index (χ4n) is 3.75. The number of benzene rings is 1. The van der Waals surface area contributed by atoms with Gasteiger partial charge in [0.05, 0.1) is 26.4 Å². The molecule has 1 aliphatic carbocycles. The Balaban J connectivity index is 1.34. The van der Waals surface area contributed by atoms with E-state index in [9.17, 15) is 14.7 Å². The van der Waals surface area contributed by atoms with Crippen LogP contribution in [0.2, 0.25) is 5.02 Å². The summed E-state index contributed by atoms with van der Waals surface area (Å²) < 4.78 is 8.79. The highest BCUT2D eigenvalue weighted by Crippen LogP contribution is 2.54. The van der Waals surface area contributed by atoms with Gasteiger partial charge in [-0.05, 0) is 37.3 Å². The van der Waals surface area contributed by atoms with Crippen molar-refractivity contribution in [2.45, 2.75) is 31.3 Å². The summed E-state index contributed by atoms with van der Waals surface area (Å²) in [7, 11) is 1.70. The van der Waals surface area contributed by atoms with Crippen LogP contribution in [0.15, 0.2) is 42.6 Å². The number of ether oxygens (including phenoxy) is 1. The molecule has 1 saturated carbocycles. The molecule has 0 bridgehead atoms. The summed E-state index contributed by atoms with van der Waals surface area (Å²) in [6.07, 6.45) is 1.85. The van der Waals surface area contributed by atoms with Crippen LogP contribution in [0.4, 0.5) is 10.6 Å². The normalized spacial score (nSPS) is 14.7. The van der Waals surface area contributed by atoms with E-state index < -0.39 is 23.6 Å². The van der Waals surface area contributed by atoms with Crippen LogP contribution in [0.1, 0.15) is 46.8 Å². The molecule has 10 heteroatoms. The number of aromatic nitrogens is 2. The SMILES string of the molecule is CC(OC(=O)Nc1c(C#Cc2sc3cc(C4(C(=O)O)CC4)sc3c2Cl)cnn1C)c1ccccc1. The standard InChI is InChI=1S/C25H20ClN3O4S2/c1-14(15-6-4-3-5-7-15)33-24(32)28-22-16(13-27-29(22)2)8-9-17-20(26)21-18(34-17)12-19(35-21)25(10-11-25)23(30)31/h3-7,12-14H,10-11H2,1-2H3,(H,28,32)(H,30,31). The average Bonchev–Trinajstić information content (AvgIpc) is 3.33. The number of hydrogen-bond donors (Lipinski definition) is 2. The molecule has 178 valence electrons. The molecule has 1 amide bonds. The van der Waals surface area contributed by atoms with Crippen molar-refractivity contribution < 1.29 is 19.4 Å². The minimum Gasteiger partial charge on any atom is -0.481 e. The third kappa shape index (κ3) is 4.41. The highest BCUT2D eigenvalue weighted by atomic mass is 35.5. The fourth-order valence-corrected chi connectivity index (χ4v) is 6.69. The Morgan fingerprint density at radius 1 is 1.26 bits per heavy atom. The fraction of sp³-hybridized carbons (Fsp3) is 0.240. The van der Waals surface area contributed by atoms with Crippen LogP contribution in [0.5, 0.6) is 0 Å². The first-order valence-electron chi connectivity index (χ1n) is 10.8. The largest absolute Gasteiger partial charge is 0.481 e. The lowest BCUT2D eigenvalue weighted by molar-refractivity contribution is -0.139. The molecule has 0 aliphatic heterocycles. The molecule has 5 rings (SSSR count). The topological polar surface area (TPSA) is 93.4 Å². The Labute approximate surface area is 214 Å². The lowest BCUT2D eigenvalue weighted by atomic mass is 10.1. The second-order valence-corrected chi connectivity index (χ2v) is 10.8. The highest BCUT2D eigenvalue weighted by Gasteiger charge is 2.53. The number of carbonyl (C=O) groups is 2. The van der Waals surface area contributed by atoms with Gasteiger partial charge >= 0.3 is 12.1 Å². The molecule has 1 atom stereocenters. The second-order valence-electron chi connectivity index (χ2n) is 8.30. The Bertz CT molecular complexity index is 1510. The van der Waals surface area contributed by atoms with Gasteiger partial charge in [-0.25, -0.2) is 4.79 Å². The molecular formula is C25H20ClN3O4S2. The van der Waals surface area contributed by atoms with Gasteiger partial charge in [0, 0.05) is 16.6 Å². The van der Waals surface area contributed by atoms with E-state index in [0.717, 1.165) is 19.8 Å². The molecule has 0 saturated heterocycles. The molecule has 1 fully saturated rings. The molecule has 3 heterocycles. The van der Waals surface area contributed by atoms with E-state index in [1.54, 1.807) is 20.2 Å². The van der Waals surface area contributed by atoms with E-state index in [4.69, 9.17) is 16.3 Å². The lowest BCUT2D eigenvalue weighted by Gasteiger charge is -2.14. The van der Waals surface area contributed by atoms with Crippen LogP contribution >= 0.6 is 34.3 Å². The number of fused-ring (bicyclic) bond motifs is 1. The number of amides is 1. The van der Waals surface area contributed by atoms with Gasteiger partial charge in [-0.1, -0.05) is 47.9 Å². The smallest absolute Gasteiger partial charge is 0.413 e. The summed E-state index contributed by atoms with van der Waals surface area (Å²) in [5.41, 5.74) is 0.661. The zero-order valence-electron chi connectivity index (χ0n) is 18.8. The first-order chi connectivity index (χ1) is 16.8. The number of nitrogens with zero attached hydrogens (tertiary/aromatic N) is 2. The van der Waals surface area contributed by atoms with Crippen LogP contribution in [-0.4, -0.2) is 26.9 Å². The average molecular weight is 526 g/mol. The van der Waals surface area contributed by atoms with Crippen LogP contribution in [0.25, 0.3) is 9.40 Å². The van der Waals surface area contributed by atoms with Crippen molar-refractivity contribution in [3.63, 3.8) is 0 Å². The number of rotatable bonds is 5. The van der Waals surface area contributed by atoms with E-state index in [1.165, 1.54) is 27.4 Å². The number of hydrogen-bond acceptors (Lipinski definition) is 6. The maximum Gasteiger partial charge on any atom is 0.413 e. The van der Waals surface area contributed by atoms with E-state index in [2.05, 4.69) is 22.3 Å². The third-order valence-electron chi connectivity index (χ3n) is 5.96. The minimum atomic E-state index is -0.782. The summed E-state index contributed by atoms with van der Waals surface area (Å²) in [4.78, 5) is 25.7. The molecule has 1 aromatic carbocycles. The lowest BCUT2D eigenvalue weighted by Crippen LogP contribution is -2.18. The van der Waals surface area contributed by atoms with Crippen LogP contribution < -0.4 is 5.32 Å². The minimum absolute atomic E-state index is 0.414. The van der Waals surface area contributed by atoms with Gasteiger partial charge in [0.1, 0.15) is 17.3 Å². The van der Waals surface area contributed by atoms with Gasteiger partial charge in [-0.2, -0.15) is 5.10 Å². The molecule has 7 nitrogen and oxygen atoms in total. The molecule has 4 aromatic rings. The van der Waals surface area contributed by atoms with Crippen LogP contribution in [0, 0.1) is 11.8 Å². The maximum absolute atomic E-state index is 12.5. The summed E-state index contributed by atoms with van der Waals surface area (Å²) in [5, 5.41) is 17.0. The molecule has 3 aromatic heterocycles. The number of thiophene rings is 2. The van der Waals surface area contributed by atoms with Crippen molar-refractivity contribution in [1.29, 1.82) is 0 Å². The number of carboxylic acids is 1. The van der Waals surface area contributed by atoms with Crippen molar-refractivity contribution in [2.24, 2.45) is 7.05 Å². The second kappa shape index (κ2) is 9.04. The molecule has 0 spiro atoms. The number of halogens is 1. The third-order valence-corrected chi connectivity index (χ3v) is 9.10. The van der Waals surface area contributed by atoms with E-state index >= 15 is 0 Å². The summed E-state index contributed by atoms with van der Waals surface area (Å²) >= 11 is 9.44. The quantitative estimate of drug-likeness (QED) is 0.304. The van der Waals surface area contributed by atoms with Crippen molar-refractivity contribution >= 4 is 61.6 Å². The molecule has 1 unspecified atom stereocenters. The van der Waals surface area contributed by atoms with Crippen LogP contribution in [0.3, 0.4) is 0 Å². The van der Waals surface area contributed by atoms with E-state index in [1.807, 2.05) is 36.4 Å². The van der Waals surface area contributed by atoms with Gasteiger partial charge in [0.25, 0.3) is 0 Å². The van der Waals surface area contributed by atoms with Crippen LogP contribution in [-0.2, 0) is 22.0 Å². The first kappa shape index (κ1) is 23.4. The molecule has 2 N–H and O–H groups in total. The van der Waals surface area contributed by atoms with Gasteiger partial charge in [0.15, 0.2) is 0 Å². The van der Waals surface area contributed by atoms with Gasteiger partial charge in [-0.3, -0.25) is 14.8 Å². The van der Waals surface area contributed by atoms with Gasteiger partial charge in [0.2, 0.25) is 0 Å². The van der Waals surface area contributed by atoms with Crippen molar-refractivity contribution in [3.05, 3.63) is 68.5 Å². The van der Waals surface area contributed by atoms with Crippen molar-refractivity contribution in [3.8, 4) is 11.8 Å². The molecular weight excluding hydrogens is 506 g/mol. The predicted molar refractivity (Wildman–Crippen MR) is 137 cm³/mol. The molecule has 35 heavy (non-hydrogen) atoms. The Morgan fingerprint density at radius 3 is 2.66 bits per heavy atom. The highest BCUT2D eigenvalue weighted by molar-refractivity contribution is 7.29. The van der Waals surface area contributed by atoms with Crippen molar-refractivity contribution in [2.75, 3.05) is 5.32 Å². The monoisotopic (exact) mass is 525 g/mol. The summed E-state index contributed by atoms with van der Waals surface area (Å²) in [5.74, 6) is 5.75. The molecule has 1 aliphatic rings. The zero-order chi connectivity index (χ0) is 24.7. The maximum atomic E-state index is 12.5. The number of aryl methyl sites for hydroxylation is 1. The van der Waals surface area contributed by atoms with Gasteiger partial charge in [-0.15, -0.1) is 22.7 Å².